The normalized spacial score (nSPS) is 28.6. The topological polar surface area (TPSA) is 43.8 Å². The summed E-state index contributed by atoms with van der Waals surface area (Å²) in [5.74, 6) is -0.251. The first-order chi connectivity index (χ1) is 8.30. The number of anilines is 1. The molecule has 0 bridgehead atoms. The van der Waals surface area contributed by atoms with Crippen LogP contribution in [0.25, 0.3) is 0 Å². The molecule has 1 aromatic carbocycles. The maximum atomic E-state index is 11.8. The lowest BCUT2D eigenvalue weighted by Crippen LogP contribution is -2.58. The number of carbonyl (C=O) groups excluding carboxylic acids is 1. The van der Waals surface area contributed by atoms with Gasteiger partial charge in [0.15, 0.2) is 0 Å². The molecule has 2 heterocycles. The van der Waals surface area contributed by atoms with Gasteiger partial charge in [0.1, 0.15) is 12.2 Å². The summed E-state index contributed by atoms with van der Waals surface area (Å²) in [4.78, 5) is 13.8. The molecule has 2 aliphatic rings. The third-order valence-corrected chi connectivity index (χ3v) is 5.07. The molecule has 4 nitrogen and oxygen atoms in total. The number of fused-ring (bicyclic) bond motifs is 3. The van der Waals surface area contributed by atoms with Crippen LogP contribution in [-0.4, -0.2) is 28.4 Å². The van der Waals surface area contributed by atoms with Crippen LogP contribution in [0.15, 0.2) is 22.7 Å². The molecule has 1 saturated heterocycles. The van der Waals surface area contributed by atoms with Crippen molar-refractivity contribution in [2.45, 2.75) is 31.8 Å². The van der Waals surface area contributed by atoms with Crippen molar-refractivity contribution < 1.29 is 10.0 Å². The molecule has 1 fully saturated rings. The van der Waals surface area contributed by atoms with Crippen molar-refractivity contribution in [3.63, 3.8) is 0 Å². The van der Waals surface area contributed by atoms with E-state index in [4.69, 9.17) is 0 Å². The molecule has 0 aromatic heterocycles. The molecular weight excluding hydrogens is 296 g/mol. The number of hydrogen-bond acceptors (Lipinski definition) is 3. The molecular formula is C13H15BrN2O2. The fourth-order valence-electron chi connectivity index (χ4n) is 3.13. The van der Waals surface area contributed by atoms with Crippen LogP contribution < -0.4 is 4.90 Å². The van der Waals surface area contributed by atoms with Crippen LogP contribution in [-0.2, 0) is 10.2 Å². The van der Waals surface area contributed by atoms with E-state index in [-0.39, 0.29) is 17.9 Å². The van der Waals surface area contributed by atoms with Crippen LogP contribution in [0.3, 0.4) is 0 Å². The first-order valence-corrected chi connectivity index (χ1v) is 6.69. The Morgan fingerprint density at radius 2 is 2.00 bits per heavy atom. The molecule has 18 heavy (non-hydrogen) atoms. The molecule has 1 unspecified atom stereocenters. The minimum absolute atomic E-state index is 0.227. The third kappa shape index (κ3) is 1.12. The van der Waals surface area contributed by atoms with Crippen molar-refractivity contribution in [1.82, 2.24) is 5.06 Å². The number of benzene rings is 1. The Bertz CT molecular complexity index is 558. The predicted molar refractivity (Wildman–Crippen MR) is 71.6 cm³/mol. The summed E-state index contributed by atoms with van der Waals surface area (Å²) in [6.45, 7) is 6.25. The summed E-state index contributed by atoms with van der Waals surface area (Å²) in [7, 11) is 0. The second kappa shape index (κ2) is 3.27. The molecule has 5 heteroatoms. The number of carbonyl (C=O) groups is 1. The highest BCUT2D eigenvalue weighted by atomic mass is 79.9. The molecule has 0 spiro atoms. The first-order valence-electron chi connectivity index (χ1n) is 5.90. The molecule has 1 amide bonds. The summed E-state index contributed by atoms with van der Waals surface area (Å²) < 4.78 is 1.01. The molecule has 0 radical (unpaired) electrons. The van der Waals surface area contributed by atoms with Crippen molar-refractivity contribution in [3.05, 3.63) is 28.2 Å². The average molecular weight is 311 g/mol. The fraction of sp³-hybridized carbons (Fsp3) is 0.462. The van der Waals surface area contributed by atoms with E-state index in [9.17, 15) is 10.0 Å². The molecule has 0 saturated carbocycles. The van der Waals surface area contributed by atoms with Gasteiger partial charge < -0.3 is 4.90 Å². The highest BCUT2D eigenvalue weighted by Crippen LogP contribution is 2.55. The zero-order chi connectivity index (χ0) is 13.3. The standard InChI is InChI=1S/C13H15BrN2O2/c1-12(2)9-6-8(14)4-5-10(9)15-7-11(17)16(18)13(12,15)3/h4-6,18H,7H2,1-3H3. The van der Waals surface area contributed by atoms with Crippen LogP contribution in [0.2, 0.25) is 0 Å². The third-order valence-electron chi connectivity index (χ3n) is 4.57. The summed E-state index contributed by atoms with van der Waals surface area (Å²) in [5, 5.41) is 11.0. The number of nitrogens with zero attached hydrogens (tertiary/aromatic N) is 2. The summed E-state index contributed by atoms with van der Waals surface area (Å²) in [5.41, 5.74) is 1.11. The van der Waals surface area contributed by atoms with Gasteiger partial charge in [-0.1, -0.05) is 29.8 Å². The number of amides is 1. The van der Waals surface area contributed by atoms with Gasteiger partial charge in [-0.15, -0.1) is 0 Å². The SMILES string of the molecule is CC1(C)c2cc(Br)ccc2N2CC(=O)N(O)C21C. The maximum Gasteiger partial charge on any atom is 0.267 e. The molecule has 1 N–H and O–H groups in total. The summed E-state index contributed by atoms with van der Waals surface area (Å²) in [6, 6.07) is 6.03. The van der Waals surface area contributed by atoms with E-state index >= 15 is 0 Å². The Hall–Kier alpha value is -1.07. The second-order valence-corrected chi connectivity index (χ2v) is 6.51. The number of hydroxylamine groups is 2. The predicted octanol–water partition coefficient (Wildman–Crippen LogP) is 2.49. The van der Waals surface area contributed by atoms with Gasteiger partial charge in [-0.2, -0.15) is 5.06 Å². The number of halogens is 1. The molecule has 0 aliphatic carbocycles. The number of rotatable bonds is 0. The van der Waals surface area contributed by atoms with Crippen LogP contribution in [0.5, 0.6) is 0 Å². The van der Waals surface area contributed by atoms with E-state index in [1.165, 1.54) is 0 Å². The lowest BCUT2D eigenvalue weighted by Gasteiger charge is -2.42. The van der Waals surface area contributed by atoms with E-state index in [0.717, 1.165) is 20.8 Å². The second-order valence-electron chi connectivity index (χ2n) is 5.60. The van der Waals surface area contributed by atoms with E-state index < -0.39 is 5.66 Å². The van der Waals surface area contributed by atoms with Crippen LogP contribution in [0, 0.1) is 0 Å². The Morgan fingerprint density at radius 1 is 1.33 bits per heavy atom. The summed E-state index contributed by atoms with van der Waals surface area (Å²) in [6.07, 6.45) is 0. The van der Waals surface area contributed by atoms with Gasteiger partial charge in [0.05, 0.1) is 0 Å². The zero-order valence-electron chi connectivity index (χ0n) is 10.6. The zero-order valence-corrected chi connectivity index (χ0v) is 12.2. The van der Waals surface area contributed by atoms with Gasteiger partial charge in [0.2, 0.25) is 0 Å². The smallest absolute Gasteiger partial charge is 0.267 e. The molecule has 2 aliphatic heterocycles. The Labute approximate surface area is 114 Å². The highest BCUT2D eigenvalue weighted by Gasteiger charge is 2.62. The van der Waals surface area contributed by atoms with E-state index in [1.54, 1.807) is 0 Å². The lowest BCUT2D eigenvalue weighted by atomic mass is 9.77. The lowest BCUT2D eigenvalue weighted by molar-refractivity contribution is -0.185. The minimum atomic E-state index is -0.715. The van der Waals surface area contributed by atoms with E-state index in [2.05, 4.69) is 35.8 Å². The van der Waals surface area contributed by atoms with Crippen LogP contribution in [0.1, 0.15) is 26.3 Å². The van der Waals surface area contributed by atoms with Gasteiger partial charge in [0.25, 0.3) is 5.91 Å². The monoisotopic (exact) mass is 310 g/mol. The fourth-order valence-corrected chi connectivity index (χ4v) is 3.50. The van der Waals surface area contributed by atoms with Crippen molar-refractivity contribution in [2.24, 2.45) is 0 Å². The summed E-state index contributed by atoms with van der Waals surface area (Å²) >= 11 is 3.48. The molecule has 1 aromatic rings. The average Bonchev–Trinajstić information content (AvgIpc) is 2.63. The van der Waals surface area contributed by atoms with Gasteiger partial charge in [0, 0.05) is 15.6 Å². The van der Waals surface area contributed by atoms with Gasteiger partial charge in [-0.3, -0.25) is 10.0 Å². The van der Waals surface area contributed by atoms with Gasteiger partial charge in [-0.05, 0) is 30.7 Å². The highest BCUT2D eigenvalue weighted by molar-refractivity contribution is 9.10. The van der Waals surface area contributed by atoms with Crippen LogP contribution >= 0.6 is 15.9 Å². The Morgan fingerprint density at radius 3 is 2.67 bits per heavy atom. The van der Waals surface area contributed by atoms with E-state index in [0.29, 0.717) is 0 Å². The van der Waals surface area contributed by atoms with Gasteiger partial charge in [-0.25, -0.2) is 0 Å². The minimum Gasteiger partial charge on any atom is -0.336 e. The molecule has 1 atom stereocenters. The Balaban J connectivity index is 2.28. The van der Waals surface area contributed by atoms with Crippen molar-refractivity contribution in [2.75, 3.05) is 11.4 Å². The van der Waals surface area contributed by atoms with Crippen molar-refractivity contribution in [3.8, 4) is 0 Å². The maximum absolute atomic E-state index is 11.8. The quantitative estimate of drug-likeness (QED) is 0.749. The molecule has 96 valence electrons. The van der Waals surface area contributed by atoms with Crippen LogP contribution in [0.4, 0.5) is 5.69 Å². The van der Waals surface area contributed by atoms with Crippen molar-refractivity contribution >= 4 is 27.5 Å². The largest absolute Gasteiger partial charge is 0.336 e. The Kier molecular flexibility index (Phi) is 2.18. The van der Waals surface area contributed by atoms with Gasteiger partial charge >= 0.3 is 0 Å². The first kappa shape index (κ1) is 12.0. The molecule has 3 rings (SSSR count). The number of hydrogen-bond donors (Lipinski definition) is 1. The van der Waals surface area contributed by atoms with Crippen molar-refractivity contribution in [1.29, 1.82) is 0 Å². The van der Waals surface area contributed by atoms with E-state index in [1.807, 2.05) is 24.0 Å².